The topological polar surface area (TPSA) is 73.1 Å². The molecule has 0 aliphatic carbocycles. The van der Waals surface area contributed by atoms with E-state index in [9.17, 15) is 14.4 Å². The molecule has 2 aromatic carbocycles. The Labute approximate surface area is 168 Å². The maximum atomic E-state index is 13.1. The van der Waals surface area contributed by atoms with Crippen LogP contribution in [0.15, 0.2) is 75.6 Å². The molecule has 1 N–H and O–H groups in total. The van der Waals surface area contributed by atoms with E-state index in [4.69, 9.17) is 11.6 Å². The lowest BCUT2D eigenvalue weighted by Crippen LogP contribution is -2.40. The Kier molecular flexibility index (Phi) is 4.85. The number of thiophene rings is 1. The van der Waals surface area contributed by atoms with Crippen molar-refractivity contribution in [2.45, 2.75) is 6.54 Å². The molecule has 4 rings (SSSR count). The Hall–Kier alpha value is -3.16. The van der Waals surface area contributed by atoms with E-state index in [1.807, 2.05) is 0 Å². The number of carbonyl (C=O) groups excluding carboxylic acids is 1. The number of anilines is 1. The number of fused-ring (bicyclic) bond motifs is 1. The van der Waals surface area contributed by atoms with Crippen LogP contribution in [0.3, 0.4) is 0 Å². The van der Waals surface area contributed by atoms with Gasteiger partial charge in [0.25, 0.3) is 5.56 Å². The first-order chi connectivity index (χ1) is 13.5. The molecule has 1 amide bonds. The lowest BCUT2D eigenvalue weighted by atomic mass is 10.3. The van der Waals surface area contributed by atoms with Crippen LogP contribution in [-0.2, 0) is 11.3 Å². The fourth-order valence-electron chi connectivity index (χ4n) is 2.96. The Morgan fingerprint density at radius 3 is 2.57 bits per heavy atom. The second-order valence-corrected chi connectivity index (χ2v) is 7.39. The molecule has 0 fully saturated rings. The number of nitrogens with one attached hydrogen (secondary N) is 1. The number of hydrogen-bond acceptors (Lipinski definition) is 4. The molecular weight excluding hydrogens is 398 g/mol. The van der Waals surface area contributed by atoms with Gasteiger partial charge in [0, 0.05) is 10.7 Å². The Morgan fingerprint density at radius 2 is 1.82 bits per heavy atom. The molecule has 0 atom stereocenters. The molecule has 0 saturated carbocycles. The molecule has 0 bridgehead atoms. The van der Waals surface area contributed by atoms with E-state index in [0.717, 1.165) is 4.57 Å². The predicted molar refractivity (Wildman–Crippen MR) is 112 cm³/mol. The first-order valence-electron chi connectivity index (χ1n) is 8.38. The first kappa shape index (κ1) is 18.2. The lowest BCUT2D eigenvalue weighted by molar-refractivity contribution is -0.116. The first-order valence-corrected chi connectivity index (χ1v) is 9.64. The van der Waals surface area contributed by atoms with Crippen molar-refractivity contribution in [1.29, 1.82) is 0 Å². The minimum Gasteiger partial charge on any atom is -0.324 e. The average Bonchev–Trinajstić information content (AvgIpc) is 3.16. The minimum absolute atomic E-state index is 0.230. The second kappa shape index (κ2) is 7.46. The van der Waals surface area contributed by atoms with Gasteiger partial charge in [-0.1, -0.05) is 35.9 Å². The van der Waals surface area contributed by atoms with Gasteiger partial charge in [-0.15, -0.1) is 11.3 Å². The molecule has 8 heteroatoms. The summed E-state index contributed by atoms with van der Waals surface area (Å²) < 4.78 is 2.81. The molecule has 0 unspecified atom stereocenters. The summed E-state index contributed by atoms with van der Waals surface area (Å²) in [5.74, 6) is -0.393. The van der Waals surface area contributed by atoms with Crippen LogP contribution in [0, 0.1) is 0 Å². The molecular formula is C20H14ClN3O3S. The van der Waals surface area contributed by atoms with Crippen molar-refractivity contribution in [3.8, 4) is 5.69 Å². The summed E-state index contributed by atoms with van der Waals surface area (Å²) >= 11 is 7.18. The number of benzene rings is 2. The van der Waals surface area contributed by atoms with E-state index in [-0.39, 0.29) is 6.54 Å². The van der Waals surface area contributed by atoms with Gasteiger partial charge in [-0.2, -0.15) is 0 Å². The number of carbonyl (C=O) groups is 1. The third-order valence-electron chi connectivity index (χ3n) is 4.18. The number of hydrogen-bond donors (Lipinski definition) is 1. The SMILES string of the molecule is O=C(Cn1c(=O)n(-c2ccccc2)c(=O)c2sccc21)Nc1cccc(Cl)c1. The Bertz CT molecular complexity index is 1290. The van der Waals surface area contributed by atoms with Crippen molar-refractivity contribution >= 4 is 44.7 Å². The normalized spacial score (nSPS) is 10.9. The predicted octanol–water partition coefficient (Wildman–Crippen LogP) is 3.51. The zero-order valence-corrected chi connectivity index (χ0v) is 16.0. The molecule has 0 radical (unpaired) electrons. The number of nitrogens with zero attached hydrogens (tertiary/aromatic N) is 2. The van der Waals surface area contributed by atoms with E-state index < -0.39 is 17.2 Å². The summed E-state index contributed by atoms with van der Waals surface area (Å²) in [6.45, 7) is -0.230. The number of amides is 1. The summed E-state index contributed by atoms with van der Waals surface area (Å²) in [7, 11) is 0. The highest BCUT2D eigenvalue weighted by Crippen LogP contribution is 2.17. The molecule has 2 heterocycles. The van der Waals surface area contributed by atoms with Crippen LogP contribution in [0.5, 0.6) is 0 Å². The molecule has 2 aromatic heterocycles. The molecule has 4 aromatic rings. The number of para-hydroxylation sites is 1. The van der Waals surface area contributed by atoms with Gasteiger partial charge in [0.2, 0.25) is 5.91 Å². The Balaban J connectivity index is 1.79. The number of rotatable bonds is 4. The van der Waals surface area contributed by atoms with Gasteiger partial charge in [0.15, 0.2) is 0 Å². The molecule has 0 aliphatic rings. The monoisotopic (exact) mass is 411 g/mol. The van der Waals surface area contributed by atoms with Crippen LogP contribution in [0.4, 0.5) is 5.69 Å². The third kappa shape index (κ3) is 3.37. The zero-order chi connectivity index (χ0) is 19.7. The van der Waals surface area contributed by atoms with Gasteiger partial charge in [0.1, 0.15) is 11.2 Å². The van der Waals surface area contributed by atoms with Crippen molar-refractivity contribution in [2.24, 2.45) is 0 Å². The van der Waals surface area contributed by atoms with Crippen molar-refractivity contribution < 1.29 is 4.79 Å². The summed E-state index contributed by atoms with van der Waals surface area (Å²) in [4.78, 5) is 38.4. The van der Waals surface area contributed by atoms with Gasteiger partial charge < -0.3 is 5.32 Å². The molecule has 0 saturated heterocycles. The van der Waals surface area contributed by atoms with Crippen LogP contribution < -0.4 is 16.6 Å². The number of aromatic nitrogens is 2. The minimum atomic E-state index is -0.566. The fraction of sp³-hybridized carbons (Fsp3) is 0.0500. The second-order valence-electron chi connectivity index (χ2n) is 6.04. The molecule has 0 aliphatic heterocycles. The van der Waals surface area contributed by atoms with E-state index in [2.05, 4.69) is 5.32 Å². The van der Waals surface area contributed by atoms with E-state index in [1.54, 1.807) is 66.0 Å². The molecule has 140 valence electrons. The molecule has 28 heavy (non-hydrogen) atoms. The van der Waals surface area contributed by atoms with E-state index in [0.29, 0.717) is 26.6 Å². The van der Waals surface area contributed by atoms with Crippen molar-refractivity contribution in [1.82, 2.24) is 9.13 Å². The number of halogens is 1. The Morgan fingerprint density at radius 1 is 1.04 bits per heavy atom. The fourth-order valence-corrected chi connectivity index (χ4v) is 3.97. The smallest absolute Gasteiger partial charge is 0.324 e. The average molecular weight is 412 g/mol. The van der Waals surface area contributed by atoms with Crippen molar-refractivity contribution in [3.63, 3.8) is 0 Å². The van der Waals surface area contributed by atoms with Gasteiger partial charge in [0.05, 0.1) is 11.2 Å². The third-order valence-corrected chi connectivity index (χ3v) is 5.31. The van der Waals surface area contributed by atoms with E-state index >= 15 is 0 Å². The maximum Gasteiger partial charge on any atom is 0.336 e. The molecule has 0 spiro atoms. The summed E-state index contributed by atoms with van der Waals surface area (Å²) in [5.41, 5.74) is 0.463. The summed E-state index contributed by atoms with van der Waals surface area (Å²) in [5, 5.41) is 4.94. The highest BCUT2D eigenvalue weighted by atomic mass is 35.5. The zero-order valence-electron chi connectivity index (χ0n) is 14.5. The maximum absolute atomic E-state index is 13.1. The van der Waals surface area contributed by atoms with Crippen molar-refractivity contribution in [3.05, 3.63) is 91.9 Å². The van der Waals surface area contributed by atoms with E-state index in [1.165, 1.54) is 15.9 Å². The van der Waals surface area contributed by atoms with Gasteiger partial charge in [-0.05, 0) is 41.8 Å². The molecule has 6 nitrogen and oxygen atoms in total. The standard InChI is InChI=1S/C20H14ClN3O3S/c21-13-5-4-6-14(11-13)22-17(25)12-23-16-9-10-28-18(16)19(26)24(20(23)27)15-7-2-1-3-8-15/h1-11H,12H2,(H,22,25). The van der Waals surface area contributed by atoms with Gasteiger partial charge in [-0.3, -0.25) is 14.2 Å². The van der Waals surface area contributed by atoms with Gasteiger partial charge >= 0.3 is 5.69 Å². The summed E-state index contributed by atoms with van der Waals surface area (Å²) in [6.07, 6.45) is 0. The van der Waals surface area contributed by atoms with Crippen LogP contribution >= 0.6 is 22.9 Å². The van der Waals surface area contributed by atoms with Crippen LogP contribution in [0.1, 0.15) is 0 Å². The highest BCUT2D eigenvalue weighted by molar-refractivity contribution is 7.17. The van der Waals surface area contributed by atoms with Crippen LogP contribution in [0.25, 0.3) is 15.9 Å². The van der Waals surface area contributed by atoms with Gasteiger partial charge in [-0.25, -0.2) is 9.36 Å². The van der Waals surface area contributed by atoms with Crippen molar-refractivity contribution in [2.75, 3.05) is 5.32 Å². The quantitative estimate of drug-likeness (QED) is 0.558. The summed E-state index contributed by atoms with van der Waals surface area (Å²) in [6, 6.07) is 17.1. The van der Waals surface area contributed by atoms with Crippen LogP contribution in [-0.4, -0.2) is 15.0 Å². The largest absolute Gasteiger partial charge is 0.336 e. The van der Waals surface area contributed by atoms with Crippen LogP contribution in [0.2, 0.25) is 5.02 Å². The lowest BCUT2D eigenvalue weighted by Gasteiger charge is -2.12. The highest BCUT2D eigenvalue weighted by Gasteiger charge is 2.17.